The van der Waals surface area contributed by atoms with Crippen molar-refractivity contribution in [3.63, 3.8) is 0 Å². The number of carboxylic acid groups (broad SMARTS) is 1. The van der Waals surface area contributed by atoms with Crippen LogP contribution in [-0.2, 0) is 0 Å². The number of nitrogens with one attached hydrogen (secondary N) is 2. The van der Waals surface area contributed by atoms with Crippen molar-refractivity contribution in [3.8, 4) is 28.5 Å². The normalized spacial score (nSPS) is 12.2. The maximum Gasteiger partial charge on any atom is 0.404 e. The molecule has 0 saturated heterocycles. The van der Waals surface area contributed by atoms with Gasteiger partial charge in [0.1, 0.15) is 12.4 Å². The molecule has 4 rings (SSSR count). The van der Waals surface area contributed by atoms with E-state index in [9.17, 15) is 14.0 Å². The number of hydrogen-bond donors (Lipinski definition) is 3. The standard InChI is InChI=1S/C19H15FN2O6/c20-11-2-3-12-13(8-11)18(23)22-16(17(12)26-6-5-21-19(24)25)10-1-4-14-15(7-10)28-9-27-14/h1-4,7-8,21H,5-6,9H2,(H,22,23)(H,24,25). The summed E-state index contributed by atoms with van der Waals surface area (Å²) in [5.74, 6) is 0.867. The molecule has 0 atom stereocenters. The molecule has 0 fully saturated rings. The maximum absolute atomic E-state index is 13.6. The van der Waals surface area contributed by atoms with Gasteiger partial charge < -0.3 is 29.6 Å². The summed E-state index contributed by atoms with van der Waals surface area (Å²) in [6, 6.07) is 8.95. The van der Waals surface area contributed by atoms with Crippen molar-refractivity contribution >= 4 is 16.9 Å². The fraction of sp³-hybridized carbons (Fsp3) is 0.158. The Kier molecular flexibility index (Phi) is 4.48. The molecule has 0 bridgehead atoms. The third kappa shape index (κ3) is 3.29. The van der Waals surface area contributed by atoms with E-state index in [1.807, 2.05) is 0 Å². The Bertz CT molecular complexity index is 1130. The zero-order valence-electron chi connectivity index (χ0n) is 14.5. The number of aromatic nitrogens is 1. The Morgan fingerprint density at radius 3 is 2.82 bits per heavy atom. The van der Waals surface area contributed by atoms with Crippen molar-refractivity contribution in [2.45, 2.75) is 0 Å². The largest absolute Gasteiger partial charge is 0.489 e. The van der Waals surface area contributed by atoms with Crippen LogP contribution >= 0.6 is 0 Å². The molecule has 3 aromatic rings. The molecule has 1 aliphatic rings. The highest BCUT2D eigenvalue weighted by molar-refractivity contribution is 5.93. The molecule has 0 spiro atoms. The van der Waals surface area contributed by atoms with Crippen LogP contribution in [0.15, 0.2) is 41.2 Å². The lowest BCUT2D eigenvalue weighted by Crippen LogP contribution is -2.26. The Morgan fingerprint density at radius 2 is 2.00 bits per heavy atom. The Hall–Kier alpha value is -3.75. The second kappa shape index (κ2) is 7.10. The quantitative estimate of drug-likeness (QED) is 0.582. The molecule has 0 unspecified atom stereocenters. The molecular formula is C19H15FN2O6. The highest BCUT2D eigenvalue weighted by Gasteiger charge is 2.19. The number of ether oxygens (including phenoxy) is 3. The van der Waals surface area contributed by atoms with E-state index in [0.29, 0.717) is 33.9 Å². The van der Waals surface area contributed by atoms with Gasteiger partial charge in [-0.15, -0.1) is 0 Å². The number of pyridine rings is 1. The summed E-state index contributed by atoms with van der Waals surface area (Å²) in [7, 11) is 0. The molecule has 1 aromatic heterocycles. The topological polar surface area (TPSA) is 110 Å². The second-order valence-corrected chi connectivity index (χ2v) is 6.00. The van der Waals surface area contributed by atoms with Crippen LogP contribution in [0.25, 0.3) is 22.0 Å². The molecule has 9 heteroatoms. The van der Waals surface area contributed by atoms with Gasteiger partial charge in [-0.25, -0.2) is 9.18 Å². The second-order valence-electron chi connectivity index (χ2n) is 6.00. The van der Waals surface area contributed by atoms with Gasteiger partial charge in [-0.2, -0.15) is 0 Å². The number of hydrogen-bond acceptors (Lipinski definition) is 5. The number of H-pyrrole nitrogens is 1. The van der Waals surface area contributed by atoms with E-state index >= 15 is 0 Å². The van der Waals surface area contributed by atoms with E-state index in [1.54, 1.807) is 18.2 Å². The molecule has 144 valence electrons. The van der Waals surface area contributed by atoms with Crippen LogP contribution in [0.2, 0.25) is 0 Å². The zero-order valence-corrected chi connectivity index (χ0v) is 14.5. The summed E-state index contributed by atoms with van der Waals surface area (Å²) in [4.78, 5) is 25.8. The minimum atomic E-state index is -1.17. The molecular weight excluding hydrogens is 371 g/mol. The summed E-state index contributed by atoms with van der Waals surface area (Å²) >= 11 is 0. The molecule has 2 aromatic carbocycles. The minimum absolute atomic E-state index is 0.0162. The SMILES string of the molecule is O=C(O)NCCOc1c(-c2ccc3c(c2)OCO3)[nH]c(=O)c2cc(F)ccc12. The first-order chi connectivity index (χ1) is 13.5. The number of amides is 1. The van der Waals surface area contributed by atoms with Gasteiger partial charge in [0, 0.05) is 10.9 Å². The number of benzene rings is 2. The minimum Gasteiger partial charge on any atom is -0.489 e. The predicted octanol–water partition coefficient (Wildman–Crippen LogP) is 2.71. The molecule has 8 nitrogen and oxygen atoms in total. The Balaban J connectivity index is 1.82. The summed E-state index contributed by atoms with van der Waals surface area (Å²) in [5.41, 5.74) is 0.504. The van der Waals surface area contributed by atoms with E-state index in [2.05, 4.69) is 10.3 Å². The molecule has 2 heterocycles. The fourth-order valence-corrected chi connectivity index (χ4v) is 2.99. The van der Waals surface area contributed by atoms with Gasteiger partial charge in [0.2, 0.25) is 6.79 Å². The monoisotopic (exact) mass is 386 g/mol. The van der Waals surface area contributed by atoms with Gasteiger partial charge in [-0.05, 0) is 36.4 Å². The van der Waals surface area contributed by atoms with Gasteiger partial charge >= 0.3 is 6.09 Å². The van der Waals surface area contributed by atoms with Crippen LogP contribution in [0, 0.1) is 5.82 Å². The van der Waals surface area contributed by atoms with Gasteiger partial charge in [-0.3, -0.25) is 4.79 Å². The third-order valence-corrected chi connectivity index (χ3v) is 4.22. The van der Waals surface area contributed by atoms with Crippen LogP contribution < -0.4 is 25.1 Å². The molecule has 0 saturated carbocycles. The number of aromatic amines is 1. The highest BCUT2D eigenvalue weighted by Crippen LogP contribution is 2.39. The van der Waals surface area contributed by atoms with E-state index in [0.717, 1.165) is 6.07 Å². The highest BCUT2D eigenvalue weighted by atomic mass is 19.1. The summed E-state index contributed by atoms with van der Waals surface area (Å²) in [5, 5.41) is 11.4. The number of fused-ring (bicyclic) bond motifs is 2. The van der Waals surface area contributed by atoms with Gasteiger partial charge in [0.15, 0.2) is 17.2 Å². The first kappa shape index (κ1) is 17.7. The van der Waals surface area contributed by atoms with Crippen LogP contribution in [0.5, 0.6) is 17.2 Å². The number of carbonyl (C=O) groups is 1. The van der Waals surface area contributed by atoms with E-state index in [-0.39, 0.29) is 25.3 Å². The fourth-order valence-electron chi connectivity index (χ4n) is 2.99. The lowest BCUT2D eigenvalue weighted by Gasteiger charge is -2.15. The average molecular weight is 386 g/mol. The molecule has 3 N–H and O–H groups in total. The molecule has 28 heavy (non-hydrogen) atoms. The summed E-state index contributed by atoms with van der Waals surface area (Å²) in [6.07, 6.45) is -1.17. The number of halogens is 1. The third-order valence-electron chi connectivity index (χ3n) is 4.22. The molecule has 0 aliphatic carbocycles. The van der Waals surface area contributed by atoms with Gasteiger partial charge in [0.25, 0.3) is 5.56 Å². The molecule has 0 radical (unpaired) electrons. The van der Waals surface area contributed by atoms with Crippen LogP contribution in [-0.4, -0.2) is 36.1 Å². The molecule has 1 amide bonds. The van der Waals surface area contributed by atoms with E-state index in [1.165, 1.54) is 12.1 Å². The smallest absolute Gasteiger partial charge is 0.404 e. The van der Waals surface area contributed by atoms with E-state index < -0.39 is 17.5 Å². The predicted molar refractivity (Wildman–Crippen MR) is 97.6 cm³/mol. The Morgan fingerprint density at radius 1 is 1.18 bits per heavy atom. The lowest BCUT2D eigenvalue weighted by molar-refractivity contribution is 0.174. The van der Waals surface area contributed by atoms with E-state index in [4.69, 9.17) is 19.3 Å². The van der Waals surface area contributed by atoms with Crippen LogP contribution in [0.1, 0.15) is 0 Å². The molecule has 1 aliphatic heterocycles. The first-order valence-electron chi connectivity index (χ1n) is 8.38. The summed E-state index contributed by atoms with van der Waals surface area (Å²) < 4.78 is 30.1. The lowest BCUT2D eigenvalue weighted by atomic mass is 10.0. The number of rotatable bonds is 5. The van der Waals surface area contributed by atoms with Crippen LogP contribution in [0.4, 0.5) is 9.18 Å². The van der Waals surface area contributed by atoms with Crippen molar-refractivity contribution in [3.05, 3.63) is 52.6 Å². The van der Waals surface area contributed by atoms with Crippen molar-refractivity contribution in [2.75, 3.05) is 19.9 Å². The van der Waals surface area contributed by atoms with Gasteiger partial charge in [0.05, 0.1) is 17.6 Å². The van der Waals surface area contributed by atoms with Gasteiger partial charge in [-0.1, -0.05) is 0 Å². The first-order valence-corrected chi connectivity index (χ1v) is 8.38. The van der Waals surface area contributed by atoms with Crippen LogP contribution in [0.3, 0.4) is 0 Å². The van der Waals surface area contributed by atoms with Crippen molar-refractivity contribution in [2.24, 2.45) is 0 Å². The summed E-state index contributed by atoms with van der Waals surface area (Å²) in [6.45, 7) is 0.163. The van der Waals surface area contributed by atoms with Crippen molar-refractivity contribution in [1.82, 2.24) is 10.3 Å². The van der Waals surface area contributed by atoms with Crippen molar-refractivity contribution in [1.29, 1.82) is 0 Å². The zero-order chi connectivity index (χ0) is 19.7. The Labute approximate surface area is 157 Å². The van der Waals surface area contributed by atoms with Crippen molar-refractivity contribution < 1.29 is 28.5 Å². The maximum atomic E-state index is 13.6. The average Bonchev–Trinajstić information content (AvgIpc) is 3.14.